The van der Waals surface area contributed by atoms with E-state index in [1.165, 1.54) is 6.07 Å². The molecule has 0 amide bonds. The first kappa shape index (κ1) is 16.2. The van der Waals surface area contributed by atoms with Gasteiger partial charge in [0, 0.05) is 12.0 Å². The van der Waals surface area contributed by atoms with E-state index in [9.17, 15) is 9.50 Å². The van der Waals surface area contributed by atoms with Crippen molar-refractivity contribution in [2.75, 3.05) is 13.2 Å². The molecule has 2 nitrogen and oxygen atoms in total. The number of hydrogen-bond donors (Lipinski definition) is 2. The summed E-state index contributed by atoms with van der Waals surface area (Å²) in [4.78, 5) is 0. The Balaban J connectivity index is 2.43. The quantitative estimate of drug-likeness (QED) is 0.881. The van der Waals surface area contributed by atoms with Crippen molar-refractivity contribution in [3.05, 3.63) is 69.5 Å². The van der Waals surface area contributed by atoms with Crippen molar-refractivity contribution in [1.29, 1.82) is 0 Å². The number of aliphatic hydroxyl groups is 1. The van der Waals surface area contributed by atoms with Crippen LogP contribution in [-0.2, 0) is 11.8 Å². The predicted molar refractivity (Wildman–Crippen MR) is 84.4 cm³/mol. The van der Waals surface area contributed by atoms with Gasteiger partial charge < -0.3 is 10.8 Å². The van der Waals surface area contributed by atoms with Crippen LogP contribution in [0.4, 0.5) is 4.39 Å². The highest BCUT2D eigenvalue weighted by molar-refractivity contribution is 6.42. The number of aliphatic hydroxyl groups excluding tert-OH is 1. The van der Waals surface area contributed by atoms with Crippen molar-refractivity contribution >= 4 is 23.2 Å². The third-order valence-corrected chi connectivity index (χ3v) is 4.40. The van der Waals surface area contributed by atoms with Crippen LogP contribution in [0.15, 0.2) is 42.5 Å². The molecule has 0 aromatic heterocycles. The lowest BCUT2D eigenvalue weighted by Crippen LogP contribution is -2.41. The summed E-state index contributed by atoms with van der Waals surface area (Å²) < 4.78 is 14.1. The molecule has 1 unspecified atom stereocenters. The Labute approximate surface area is 133 Å². The van der Waals surface area contributed by atoms with Gasteiger partial charge >= 0.3 is 0 Å². The zero-order chi connectivity index (χ0) is 15.5. The maximum absolute atomic E-state index is 14.1. The smallest absolute Gasteiger partial charge is 0.127 e. The van der Waals surface area contributed by atoms with E-state index in [0.29, 0.717) is 22.0 Å². The summed E-state index contributed by atoms with van der Waals surface area (Å²) in [5.41, 5.74) is 6.21. The van der Waals surface area contributed by atoms with Crippen LogP contribution < -0.4 is 5.73 Å². The van der Waals surface area contributed by atoms with E-state index in [1.807, 2.05) is 0 Å². The van der Waals surface area contributed by atoms with Gasteiger partial charge in [-0.3, -0.25) is 0 Å². The second-order valence-corrected chi connectivity index (χ2v) is 5.86. The van der Waals surface area contributed by atoms with Gasteiger partial charge in [-0.1, -0.05) is 47.5 Å². The van der Waals surface area contributed by atoms with E-state index >= 15 is 0 Å². The molecule has 2 rings (SSSR count). The van der Waals surface area contributed by atoms with Crippen LogP contribution in [-0.4, -0.2) is 18.3 Å². The highest BCUT2D eigenvalue weighted by Gasteiger charge is 2.33. The van der Waals surface area contributed by atoms with Crippen molar-refractivity contribution in [2.45, 2.75) is 11.8 Å². The second kappa shape index (κ2) is 6.75. The van der Waals surface area contributed by atoms with Crippen molar-refractivity contribution < 1.29 is 9.50 Å². The summed E-state index contributed by atoms with van der Waals surface area (Å²) in [6, 6.07) is 11.5. The van der Waals surface area contributed by atoms with Crippen LogP contribution in [0.1, 0.15) is 11.1 Å². The average molecular weight is 328 g/mol. The van der Waals surface area contributed by atoms with Gasteiger partial charge in [-0.15, -0.1) is 0 Å². The largest absolute Gasteiger partial charge is 0.395 e. The number of halogens is 3. The van der Waals surface area contributed by atoms with E-state index in [0.717, 1.165) is 5.56 Å². The number of rotatable bonds is 5. The molecule has 0 bridgehead atoms. The van der Waals surface area contributed by atoms with Crippen LogP contribution in [0.5, 0.6) is 0 Å². The third-order valence-electron chi connectivity index (χ3n) is 3.67. The van der Waals surface area contributed by atoms with Gasteiger partial charge in [0.1, 0.15) is 5.82 Å². The Bertz CT molecular complexity index is 629. The molecule has 0 radical (unpaired) electrons. The standard InChI is InChI=1S/C16H16Cl2FNO/c17-13-6-5-11(7-14(13)18)8-16(9-20,10-21)12-3-1-2-4-15(12)19/h1-7,21H,8-10,20H2. The van der Waals surface area contributed by atoms with Gasteiger partial charge in [-0.25, -0.2) is 4.39 Å². The van der Waals surface area contributed by atoms with E-state index in [4.69, 9.17) is 28.9 Å². The van der Waals surface area contributed by atoms with Crippen LogP contribution in [0.25, 0.3) is 0 Å². The molecule has 0 spiro atoms. The molecule has 1 atom stereocenters. The zero-order valence-electron chi connectivity index (χ0n) is 11.3. The molecule has 21 heavy (non-hydrogen) atoms. The summed E-state index contributed by atoms with van der Waals surface area (Å²) in [5.74, 6) is -0.378. The number of benzene rings is 2. The number of nitrogens with two attached hydrogens (primary N) is 1. The molecule has 0 aliphatic carbocycles. The third kappa shape index (κ3) is 3.38. The Hall–Kier alpha value is -1.13. The summed E-state index contributed by atoms with van der Waals surface area (Å²) in [5, 5.41) is 10.7. The molecule has 0 fully saturated rings. The van der Waals surface area contributed by atoms with Gasteiger partial charge in [0.15, 0.2) is 0 Å². The van der Waals surface area contributed by atoms with Crippen LogP contribution in [0.2, 0.25) is 10.0 Å². The molecule has 2 aromatic rings. The van der Waals surface area contributed by atoms with Gasteiger partial charge in [0.2, 0.25) is 0 Å². The van der Waals surface area contributed by atoms with Crippen LogP contribution in [0.3, 0.4) is 0 Å². The second-order valence-electron chi connectivity index (χ2n) is 5.05. The van der Waals surface area contributed by atoms with Crippen LogP contribution >= 0.6 is 23.2 Å². The van der Waals surface area contributed by atoms with Gasteiger partial charge in [0.05, 0.1) is 16.7 Å². The van der Waals surface area contributed by atoms with Crippen LogP contribution in [0, 0.1) is 5.82 Å². The van der Waals surface area contributed by atoms with Gasteiger partial charge in [-0.05, 0) is 35.7 Å². The maximum Gasteiger partial charge on any atom is 0.127 e. The number of hydrogen-bond acceptors (Lipinski definition) is 2. The van der Waals surface area contributed by atoms with E-state index in [-0.39, 0.29) is 19.0 Å². The first-order valence-corrected chi connectivity index (χ1v) is 7.28. The zero-order valence-corrected chi connectivity index (χ0v) is 12.8. The Morgan fingerprint density at radius 2 is 1.81 bits per heavy atom. The molecular formula is C16H16Cl2FNO. The minimum absolute atomic E-state index is 0.116. The first-order chi connectivity index (χ1) is 10.0. The summed E-state index contributed by atoms with van der Waals surface area (Å²) >= 11 is 11.9. The predicted octanol–water partition coefficient (Wildman–Crippen LogP) is 3.56. The Morgan fingerprint density at radius 1 is 1.10 bits per heavy atom. The molecular weight excluding hydrogens is 312 g/mol. The topological polar surface area (TPSA) is 46.2 Å². The lowest BCUT2D eigenvalue weighted by Gasteiger charge is -2.31. The molecule has 0 aliphatic rings. The van der Waals surface area contributed by atoms with E-state index in [2.05, 4.69) is 0 Å². The maximum atomic E-state index is 14.1. The molecule has 2 aromatic carbocycles. The normalized spacial score (nSPS) is 14.0. The molecule has 5 heteroatoms. The van der Waals surface area contributed by atoms with Crippen molar-refractivity contribution in [3.8, 4) is 0 Å². The fourth-order valence-electron chi connectivity index (χ4n) is 2.41. The summed E-state index contributed by atoms with van der Waals surface area (Å²) in [7, 11) is 0. The molecule has 0 saturated heterocycles. The minimum atomic E-state index is -0.886. The Kier molecular flexibility index (Phi) is 5.22. The molecule has 3 N–H and O–H groups in total. The van der Waals surface area contributed by atoms with Crippen molar-refractivity contribution in [1.82, 2.24) is 0 Å². The van der Waals surface area contributed by atoms with Crippen molar-refractivity contribution in [2.24, 2.45) is 5.73 Å². The lowest BCUT2D eigenvalue weighted by molar-refractivity contribution is 0.192. The molecule has 0 aliphatic heterocycles. The summed E-state index contributed by atoms with van der Waals surface area (Å²) in [6.07, 6.45) is 0.373. The average Bonchev–Trinajstić information content (AvgIpc) is 2.49. The van der Waals surface area contributed by atoms with Crippen molar-refractivity contribution in [3.63, 3.8) is 0 Å². The lowest BCUT2D eigenvalue weighted by atomic mass is 9.76. The molecule has 0 heterocycles. The fourth-order valence-corrected chi connectivity index (χ4v) is 2.74. The molecule has 0 saturated carbocycles. The SMILES string of the molecule is NCC(CO)(Cc1ccc(Cl)c(Cl)c1)c1ccccc1F. The highest BCUT2D eigenvalue weighted by Crippen LogP contribution is 2.31. The highest BCUT2D eigenvalue weighted by atomic mass is 35.5. The Morgan fingerprint density at radius 3 is 2.38 bits per heavy atom. The minimum Gasteiger partial charge on any atom is -0.395 e. The summed E-state index contributed by atoms with van der Waals surface area (Å²) in [6.45, 7) is -0.143. The van der Waals surface area contributed by atoms with E-state index in [1.54, 1.807) is 36.4 Å². The van der Waals surface area contributed by atoms with Gasteiger partial charge in [0.25, 0.3) is 0 Å². The first-order valence-electron chi connectivity index (χ1n) is 6.52. The monoisotopic (exact) mass is 327 g/mol. The van der Waals surface area contributed by atoms with E-state index < -0.39 is 5.41 Å². The fraction of sp³-hybridized carbons (Fsp3) is 0.250. The van der Waals surface area contributed by atoms with Gasteiger partial charge in [-0.2, -0.15) is 0 Å². The molecule has 112 valence electrons.